The molecule has 2 saturated carbocycles. The van der Waals surface area contributed by atoms with E-state index in [1.807, 2.05) is 6.07 Å². The Bertz CT molecular complexity index is 628. The Labute approximate surface area is 119 Å². The first-order valence-electron chi connectivity index (χ1n) is 7.64. The second-order valence-electron chi connectivity index (χ2n) is 6.81. The number of fused-ring (bicyclic) bond motifs is 5. The molecule has 0 radical (unpaired) electrons. The lowest BCUT2D eigenvalue weighted by molar-refractivity contribution is -0.126. The number of Topliss-reactive ketones (excluding diaryl/α,β-unsaturated/α-hetero) is 1. The smallest absolute Gasteiger partial charge is 0.139 e. The van der Waals surface area contributed by atoms with Crippen LogP contribution in [0.4, 0.5) is 0 Å². The van der Waals surface area contributed by atoms with E-state index in [0.717, 1.165) is 32.1 Å². The zero-order valence-electron chi connectivity index (χ0n) is 11.9. The summed E-state index contributed by atoms with van der Waals surface area (Å²) in [6.45, 7) is 2.18. The molecule has 0 spiro atoms. The Kier molecular flexibility index (Phi) is 2.42. The SMILES string of the molecule is C[C@]12CC[C@@H]3C(=CCc4cc(O)ccc43)[C@@H]1CCC2=O. The summed E-state index contributed by atoms with van der Waals surface area (Å²) in [7, 11) is 0. The summed E-state index contributed by atoms with van der Waals surface area (Å²) in [5.41, 5.74) is 4.03. The van der Waals surface area contributed by atoms with Crippen LogP contribution in [0.5, 0.6) is 5.75 Å². The molecule has 2 heteroatoms. The number of benzene rings is 1. The zero-order valence-corrected chi connectivity index (χ0v) is 11.9. The van der Waals surface area contributed by atoms with Crippen LogP contribution < -0.4 is 0 Å². The first-order valence-corrected chi connectivity index (χ1v) is 7.64. The van der Waals surface area contributed by atoms with Gasteiger partial charge in [0.1, 0.15) is 11.5 Å². The lowest BCUT2D eigenvalue weighted by Gasteiger charge is -2.43. The number of allylic oxidation sites excluding steroid dienone is 2. The lowest BCUT2D eigenvalue weighted by atomic mass is 9.60. The van der Waals surface area contributed by atoms with Gasteiger partial charge < -0.3 is 5.11 Å². The first-order chi connectivity index (χ1) is 9.59. The molecule has 1 aromatic carbocycles. The number of phenols is 1. The van der Waals surface area contributed by atoms with Crippen LogP contribution in [-0.4, -0.2) is 10.9 Å². The van der Waals surface area contributed by atoms with Crippen molar-refractivity contribution in [3.8, 4) is 5.75 Å². The standard InChI is InChI=1S/C18H20O2/c1-18-9-8-14-13-5-3-12(19)10-11(13)2-4-15(14)16(18)6-7-17(18)20/h3-5,10,14,16,19H,2,6-9H2,1H3/t14-,16-,18-/m0/s1. The highest BCUT2D eigenvalue weighted by Gasteiger charge is 2.52. The summed E-state index contributed by atoms with van der Waals surface area (Å²) < 4.78 is 0. The van der Waals surface area contributed by atoms with Gasteiger partial charge in [0.15, 0.2) is 0 Å². The molecule has 104 valence electrons. The third-order valence-corrected chi connectivity index (χ3v) is 5.88. The molecule has 0 aromatic heterocycles. The van der Waals surface area contributed by atoms with Crippen molar-refractivity contribution < 1.29 is 9.90 Å². The van der Waals surface area contributed by atoms with Gasteiger partial charge in [-0.3, -0.25) is 4.79 Å². The van der Waals surface area contributed by atoms with Crippen molar-refractivity contribution in [1.29, 1.82) is 0 Å². The van der Waals surface area contributed by atoms with E-state index in [2.05, 4.69) is 19.1 Å². The number of rotatable bonds is 0. The van der Waals surface area contributed by atoms with Gasteiger partial charge in [-0.05, 0) is 54.9 Å². The maximum absolute atomic E-state index is 12.2. The predicted molar refractivity (Wildman–Crippen MR) is 77.7 cm³/mol. The molecule has 0 amide bonds. The summed E-state index contributed by atoms with van der Waals surface area (Å²) in [5.74, 6) is 1.76. The van der Waals surface area contributed by atoms with E-state index in [4.69, 9.17) is 0 Å². The van der Waals surface area contributed by atoms with E-state index in [-0.39, 0.29) is 5.41 Å². The van der Waals surface area contributed by atoms with Gasteiger partial charge in [-0.25, -0.2) is 0 Å². The summed E-state index contributed by atoms with van der Waals surface area (Å²) in [4.78, 5) is 12.2. The van der Waals surface area contributed by atoms with Crippen molar-refractivity contribution in [2.24, 2.45) is 11.3 Å². The number of hydrogen-bond acceptors (Lipinski definition) is 2. The normalized spacial score (nSPS) is 35.0. The number of ketones is 1. The number of carbonyl (C=O) groups excluding carboxylic acids is 1. The molecule has 2 fully saturated rings. The molecular formula is C18H20O2. The van der Waals surface area contributed by atoms with Crippen molar-refractivity contribution in [2.45, 2.75) is 44.9 Å². The second kappa shape index (κ2) is 3.97. The number of carbonyl (C=O) groups is 1. The molecular weight excluding hydrogens is 248 g/mol. The van der Waals surface area contributed by atoms with Crippen LogP contribution in [0.2, 0.25) is 0 Å². The molecule has 0 saturated heterocycles. The average molecular weight is 268 g/mol. The highest BCUT2D eigenvalue weighted by Crippen LogP contribution is 2.57. The Morgan fingerprint density at radius 1 is 1.30 bits per heavy atom. The largest absolute Gasteiger partial charge is 0.508 e. The van der Waals surface area contributed by atoms with Crippen LogP contribution >= 0.6 is 0 Å². The predicted octanol–water partition coefficient (Wildman–Crippen LogP) is 3.74. The minimum absolute atomic E-state index is 0.100. The third-order valence-electron chi connectivity index (χ3n) is 5.88. The Morgan fingerprint density at radius 3 is 3.00 bits per heavy atom. The molecule has 3 atom stereocenters. The molecule has 0 heterocycles. The summed E-state index contributed by atoms with van der Waals surface area (Å²) >= 11 is 0. The van der Waals surface area contributed by atoms with Gasteiger partial charge in [-0.2, -0.15) is 0 Å². The van der Waals surface area contributed by atoms with Gasteiger partial charge >= 0.3 is 0 Å². The fourth-order valence-corrected chi connectivity index (χ4v) is 4.73. The van der Waals surface area contributed by atoms with Crippen molar-refractivity contribution >= 4 is 5.78 Å². The minimum Gasteiger partial charge on any atom is -0.508 e. The van der Waals surface area contributed by atoms with Crippen LogP contribution in [0.1, 0.15) is 49.7 Å². The Balaban J connectivity index is 1.77. The van der Waals surface area contributed by atoms with Gasteiger partial charge in [0.2, 0.25) is 0 Å². The molecule has 20 heavy (non-hydrogen) atoms. The molecule has 1 N–H and O–H groups in total. The molecule has 0 unspecified atom stereocenters. The monoisotopic (exact) mass is 268 g/mol. The quantitative estimate of drug-likeness (QED) is 0.728. The van der Waals surface area contributed by atoms with E-state index in [0.29, 0.717) is 23.4 Å². The van der Waals surface area contributed by atoms with Gasteiger partial charge in [-0.1, -0.05) is 24.6 Å². The van der Waals surface area contributed by atoms with Crippen LogP contribution in [-0.2, 0) is 11.2 Å². The molecule has 2 nitrogen and oxygen atoms in total. The van der Waals surface area contributed by atoms with Gasteiger partial charge in [0.25, 0.3) is 0 Å². The van der Waals surface area contributed by atoms with Gasteiger partial charge in [0.05, 0.1) is 0 Å². The maximum Gasteiger partial charge on any atom is 0.139 e. The number of phenolic OH excluding ortho intramolecular Hbond substituents is 1. The van der Waals surface area contributed by atoms with Crippen molar-refractivity contribution in [3.63, 3.8) is 0 Å². The summed E-state index contributed by atoms with van der Waals surface area (Å²) in [6, 6.07) is 5.79. The van der Waals surface area contributed by atoms with Crippen molar-refractivity contribution in [1.82, 2.24) is 0 Å². The zero-order chi connectivity index (χ0) is 13.9. The van der Waals surface area contributed by atoms with E-state index in [1.54, 1.807) is 6.07 Å². The highest BCUT2D eigenvalue weighted by molar-refractivity contribution is 5.88. The fraction of sp³-hybridized carbons (Fsp3) is 0.500. The van der Waals surface area contributed by atoms with E-state index in [1.165, 1.54) is 16.7 Å². The van der Waals surface area contributed by atoms with Crippen molar-refractivity contribution in [2.75, 3.05) is 0 Å². The lowest BCUT2D eigenvalue weighted by Crippen LogP contribution is -2.37. The van der Waals surface area contributed by atoms with Crippen molar-refractivity contribution in [3.05, 3.63) is 41.0 Å². The first kappa shape index (κ1) is 12.2. The Morgan fingerprint density at radius 2 is 2.15 bits per heavy atom. The highest BCUT2D eigenvalue weighted by atomic mass is 16.3. The molecule has 3 aliphatic carbocycles. The molecule has 1 aromatic rings. The maximum atomic E-state index is 12.2. The molecule has 4 rings (SSSR count). The van der Waals surface area contributed by atoms with Gasteiger partial charge in [0, 0.05) is 17.8 Å². The number of hydrogen-bond donors (Lipinski definition) is 1. The fourth-order valence-electron chi connectivity index (χ4n) is 4.73. The van der Waals surface area contributed by atoms with Crippen LogP contribution in [0, 0.1) is 11.3 Å². The van der Waals surface area contributed by atoms with Crippen LogP contribution in [0.15, 0.2) is 29.8 Å². The molecule has 0 aliphatic heterocycles. The molecule has 0 bridgehead atoms. The Hall–Kier alpha value is -1.57. The average Bonchev–Trinajstić information content (AvgIpc) is 2.74. The molecule has 3 aliphatic rings. The summed E-state index contributed by atoms with van der Waals surface area (Å²) in [6.07, 6.45) is 7.11. The topological polar surface area (TPSA) is 37.3 Å². The van der Waals surface area contributed by atoms with Crippen LogP contribution in [0.3, 0.4) is 0 Å². The summed E-state index contributed by atoms with van der Waals surface area (Å²) in [5, 5.41) is 9.64. The number of aromatic hydroxyl groups is 1. The van der Waals surface area contributed by atoms with E-state index < -0.39 is 0 Å². The van der Waals surface area contributed by atoms with Crippen LogP contribution in [0.25, 0.3) is 0 Å². The minimum atomic E-state index is -0.100. The second-order valence-corrected chi connectivity index (χ2v) is 6.81. The van der Waals surface area contributed by atoms with E-state index >= 15 is 0 Å². The van der Waals surface area contributed by atoms with Gasteiger partial charge in [-0.15, -0.1) is 0 Å². The van der Waals surface area contributed by atoms with E-state index in [9.17, 15) is 9.90 Å². The third kappa shape index (κ3) is 1.48.